The minimum atomic E-state index is -0.149. The fraction of sp³-hybridized carbons (Fsp3) is 0.111. The molecule has 5 nitrogen and oxygen atoms in total. The molecule has 0 fully saturated rings. The summed E-state index contributed by atoms with van der Waals surface area (Å²) < 4.78 is 1.48. The van der Waals surface area contributed by atoms with E-state index in [1.165, 1.54) is 16.3 Å². The molecule has 0 aliphatic carbocycles. The number of rotatable bonds is 3. The topological polar surface area (TPSA) is 60.2 Å². The maximum Gasteiger partial charge on any atom is 0.281 e. The van der Waals surface area contributed by atoms with E-state index in [0.717, 1.165) is 17.3 Å². The molecule has 112 valence electrons. The van der Waals surface area contributed by atoms with Crippen molar-refractivity contribution in [3.05, 3.63) is 82.5 Å². The van der Waals surface area contributed by atoms with Gasteiger partial charge in [-0.25, -0.2) is 9.38 Å². The van der Waals surface area contributed by atoms with Gasteiger partial charge in [0.2, 0.25) is 0 Å². The minimum Gasteiger partial charge on any atom is -0.267 e. The van der Waals surface area contributed by atoms with Crippen LogP contribution < -0.4 is 5.56 Å². The molecule has 0 saturated heterocycles. The molecule has 2 heterocycles. The van der Waals surface area contributed by atoms with Crippen LogP contribution in [0.2, 0.25) is 0 Å². The van der Waals surface area contributed by atoms with Crippen molar-refractivity contribution in [2.75, 3.05) is 0 Å². The Bertz CT molecular complexity index is 1040. The first-order valence-corrected chi connectivity index (χ1v) is 7.48. The van der Waals surface area contributed by atoms with E-state index in [1.807, 2.05) is 54.6 Å². The zero-order chi connectivity index (χ0) is 15.6. The van der Waals surface area contributed by atoms with Crippen molar-refractivity contribution < 1.29 is 0 Å². The van der Waals surface area contributed by atoms with Crippen LogP contribution in [0.3, 0.4) is 0 Å². The monoisotopic (exact) mass is 302 g/mol. The Morgan fingerprint density at radius 1 is 0.870 bits per heavy atom. The highest BCUT2D eigenvalue weighted by atomic mass is 16.1. The van der Waals surface area contributed by atoms with Gasteiger partial charge in [-0.05, 0) is 24.1 Å². The molecule has 0 spiro atoms. The molecule has 0 bridgehead atoms. The zero-order valence-corrected chi connectivity index (χ0v) is 12.4. The van der Waals surface area contributed by atoms with Gasteiger partial charge in [-0.1, -0.05) is 42.5 Å². The van der Waals surface area contributed by atoms with Gasteiger partial charge in [0.05, 0.1) is 5.52 Å². The Kier molecular flexibility index (Phi) is 3.31. The van der Waals surface area contributed by atoms with Crippen LogP contribution in [-0.2, 0) is 12.8 Å². The summed E-state index contributed by atoms with van der Waals surface area (Å²) in [5.41, 5.74) is 2.84. The lowest BCUT2D eigenvalue weighted by molar-refractivity contribution is 0.806. The number of nitrogens with zero attached hydrogens (tertiary/aromatic N) is 4. The van der Waals surface area contributed by atoms with Crippen LogP contribution in [0.1, 0.15) is 11.3 Å². The molecule has 0 N–H and O–H groups in total. The van der Waals surface area contributed by atoms with Crippen molar-refractivity contribution >= 4 is 16.6 Å². The van der Waals surface area contributed by atoms with E-state index in [9.17, 15) is 4.79 Å². The number of hydrogen-bond donors (Lipinski definition) is 0. The van der Waals surface area contributed by atoms with Gasteiger partial charge in [-0.2, -0.15) is 0 Å². The second-order valence-corrected chi connectivity index (χ2v) is 5.39. The number of aromatic nitrogens is 4. The van der Waals surface area contributed by atoms with Crippen molar-refractivity contribution in [2.24, 2.45) is 0 Å². The second-order valence-electron chi connectivity index (χ2n) is 5.39. The lowest BCUT2D eigenvalue weighted by Gasteiger charge is -2.05. The summed E-state index contributed by atoms with van der Waals surface area (Å²) in [6, 6.07) is 17.6. The number of hydrogen-bond acceptors (Lipinski definition) is 4. The first-order valence-electron chi connectivity index (χ1n) is 7.48. The molecule has 0 radical (unpaired) electrons. The average Bonchev–Trinajstić information content (AvgIpc) is 2.62. The van der Waals surface area contributed by atoms with Crippen molar-refractivity contribution in [3.63, 3.8) is 0 Å². The van der Waals surface area contributed by atoms with E-state index in [1.54, 1.807) is 0 Å². The lowest BCUT2D eigenvalue weighted by Crippen LogP contribution is -2.22. The van der Waals surface area contributed by atoms with Gasteiger partial charge in [-0.15, -0.1) is 10.2 Å². The van der Waals surface area contributed by atoms with Crippen LogP contribution in [0.15, 0.2) is 65.7 Å². The molecule has 0 atom stereocenters. The van der Waals surface area contributed by atoms with Crippen LogP contribution in [-0.4, -0.2) is 19.6 Å². The predicted molar refractivity (Wildman–Crippen MR) is 88.4 cm³/mol. The third-order valence-corrected chi connectivity index (χ3v) is 3.91. The quantitative estimate of drug-likeness (QED) is 0.545. The number of aryl methyl sites for hydroxylation is 2. The van der Waals surface area contributed by atoms with Gasteiger partial charge in [-0.3, -0.25) is 4.79 Å². The molecule has 0 aliphatic heterocycles. The van der Waals surface area contributed by atoms with E-state index in [2.05, 4.69) is 15.2 Å². The van der Waals surface area contributed by atoms with Gasteiger partial charge in [0.1, 0.15) is 12.0 Å². The van der Waals surface area contributed by atoms with Crippen molar-refractivity contribution in [1.82, 2.24) is 19.6 Å². The second kappa shape index (κ2) is 5.61. The third kappa shape index (κ3) is 2.46. The van der Waals surface area contributed by atoms with Crippen LogP contribution in [0.25, 0.3) is 16.6 Å². The first kappa shape index (κ1) is 13.6. The Labute approximate surface area is 132 Å². The standard InChI is InChI=1S/C18H14N4O/c23-18-16(11-10-13-6-2-1-3-7-13)20-21-17-14-8-4-5-9-15(14)19-12-22(17)18/h1-9,12H,10-11H2. The highest BCUT2D eigenvalue weighted by Gasteiger charge is 2.10. The molecule has 0 unspecified atom stereocenters. The summed E-state index contributed by atoms with van der Waals surface area (Å²) in [4.78, 5) is 16.9. The van der Waals surface area contributed by atoms with E-state index in [-0.39, 0.29) is 5.56 Å². The highest BCUT2D eigenvalue weighted by molar-refractivity contribution is 5.90. The van der Waals surface area contributed by atoms with E-state index >= 15 is 0 Å². The summed E-state index contributed by atoms with van der Waals surface area (Å²) in [6.45, 7) is 0. The van der Waals surface area contributed by atoms with Gasteiger partial charge in [0.15, 0.2) is 5.65 Å². The fourth-order valence-corrected chi connectivity index (χ4v) is 2.68. The van der Waals surface area contributed by atoms with Crippen LogP contribution in [0.4, 0.5) is 0 Å². The Morgan fingerprint density at radius 2 is 1.65 bits per heavy atom. The van der Waals surface area contributed by atoms with Gasteiger partial charge in [0, 0.05) is 11.8 Å². The Morgan fingerprint density at radius 3 is 2.52 bits per heavy atom. The summed E-state index contributed by atoms with van der Waals surface area (Å²) in [5, 5.41) is 9.24. The van der Waals surface area contributed by atoms with E-state index in [4.69, 9.17) is 0 Å². The molecule has 4 rings (SSSR count). The molecule has 2 aromatic heterocycles. The summed E-state index contributed by atoms with van der Waals surface area (Å²) in [5.74, 6) is 0. The molecular formula is C18H14N4O. The molecule has 2 aromatic carbocycles. The van der Waals surface area contributed by atoms with Crippen LogP contribution in [0.5, 0.6) is 0 Å². The van der Waals surface area contributed by atoms with Gasteiger partial charge < -0.3 is 0 Å². The first-order chi connectivity index (χ1) is 11.3. The highest BCUT2D eigenvalue weighted by Crippen LogP contribution is 2.14. The summed E-state index contributed by atoms with van der Waals surface area (Å²) >= 11 is 0. The Balaban J connectivity index is 1.76. The third-order valence-electron chi connectivity index (χ3n) is 3.91. The Hall–Kier alpha value is -3.08. The summed E-state index contributed by atoms with van der Waals surface area (Å²) in [6.07, 6.45) is 2.85. The minimum absolute atomic E-state index is 0.149. The molecule has 5 heteroatoms. The smallest absolute Gasteiger partial charge is 0.267 e. The van der Waals surface area contributed by atoms with E-state index in [0.29, 0.717) is 17.8 Å². The van der Waals surface area contributed by atoms with Crippen molar-refractivity contribution in [3.8, 4) is 0 Å². The van der Waals surface area contributed by atoms with Crippen LogP contribution in [0, 0.1) is 0 Å². The summed E-state index contributed by atoms with van der Waals surface area (Å²) in [7, 11) is 0. The lowest BCUT2D eigenvalue weighted by atomic mass is 10.1. The maximum absolute atomic E-state index is 12.6. The molecule has 0 amide bonds. The number of benzene rings is 2. The van der Waals surface area contributed by atoms with Crippen LogP contribution >= 0.6 is 0 Å². The number of para-hydroxylation sites is 1. The SMILES string of the molecule is O=c1c(CCc2ccccc2)nnc2c3ccccc3ncn12. The number of fused-ring (bicyclic) bond motifs is 3. The van der Waals surface area contributed by atoms with E-state index < -0.39 is 0 Å². The fourth-order valence-electron chi connectivity index (χ4n) is 2.68. The molecule has 23 heavy (non-hydrogen) atoms. The predicted octanol–water partition coefficient (Wildman–Crippen LogP) is 2.42. The molecule has 0 saturated carbocycles. The average molecular weight is 302 g/mol. The van der Waals surface area contributed by atoms with Gasteiger partial charge in [0.25, 0.3) is 5.56 Å². The van der Waals surface area contributed by atoms with Gasteiger partial charge >= 0.3 is 0 Å². The molecule has 4 aromatic rings. The normalized spacial score (nSPS) is 11.1. The maximum atomic E-state index is 12.6. The van der Waals surface area contributed by atoms with Crippen molar-refractivity contribution in [2.45, 2.75) is 12.8 Å². The molecule has 0 aliphatic rings. The molecular weight excluding hydrogens is 288 g/mol. The zero-order valence-electron chi connectivity index (χ0n) is 12.4. The largest absolute Gasteiger partial charge is 0.281 e. The van der Waals surface area contributed by atoms with Crippen molar-refractivity contribution in [1.29, 1.82) is 0 Å².